The molecule has 27 heavy (non-hydrogen) atoms. The lowest BCUT2D eigenvalue weighted by atomic mass is 10.1. The van der Waals surface area contributed by atoms with Crippen LogP contribution >= 0.6 is 0 Å². The van der Waals surface area contributed by atoms with Crippen LogP contribution < -0.4 is 14.4 Å². The fourth-order valence-corrected chi connectivity index (χ4v) is 3.23. The molecule has 8 heteroatoms. The van der Waals surface area contributed by atoms with Gasteiger partial charge in [0.25, 0.3) is 11.8 Å². The van der Waals surface area contributed by atoms with Gasteiger partial charge in [-0.05, 0) is 31.5 Å². The van der Waals surface area contributed by atoms with E-state index in [9.17, 15) is 4.79 Å². The smallest absolute Gasteiger partial charge is 0.260 e. The van der Waals surface area contributed by atoms with Gasteiger partial charge in [0.2, 0.25) is 0 Å². The Labute approximate surface area is 156 Å². The first-order chi connectivity index (χ1) is 13.1. The number of anilines is 1. The van der Waals surface area contributed by atoms with Crippen LogP contribution in [-0.4, -0.2) is 39.8 Å². The van der Waals surface area contributed by atoms with E-state index in [-0.39, 0.29) is 5.91 Å². The van der Waals surface area contributed by atoms with Crippen molar-refractivity contribution in [3.8, 4) is 22.9 Å². The molecular formula is C19H19N5O3. The van der Waals surface area contributed by atoms with E-state index in [2.05, 4.69) is 15.2 Å². The van der Waals surface area contributed by atoms with Crippen LogP contribution in [0.3, 0.4) is 0 Å². The monoisotopic (exact) mass is 365 g/mol. The summed E-state index contributed by atoms with van der Waals surface area (Å²) in [5, 5.41) is 6.66. The molecular weight excluding hydrogens is 346 g/mol. The molecule has 4 heterocycles. The number of H-pyrrole nitrogens is 1. The lowest BCUT2D eigenvalue weighted by molar-refractivity contribution is 0.0996. The van der Waals surface area contributed by atoms with Crippen LogP contribution in [0.2, 0.25) is 0 Å². The Morgan fingerprint density at radius 3 is 2.85 bits per heavy atom. The Kier molecular flexibility index (Phi) is 4.23. The second-order valence-corrected chi connectivity index (χ2v) is 6.16. The minimum Gasteiger partial charge on any atom is -0.488 e. The first-order valence-electron chi connectivity index (χ1n) is 8.60. The van der Waals surface area contributed by atoms with E-state index in [1.807, 2.05) is 26.0 Å². The molecule has 0 bridgehead atoms. The predicted octanol–water partition coefficient (Wildman–Crippen LogP) is 2.74. The van der Waals surface area contributed by atoms with Gasteiger partial charge in [0.1, 0.15) is 0 Å². The molecule has 1 aliphatic rings. The Hall–Kier alpha value is -3.42. The molecule has 8 nitrogen and oxygen atoms in total. The second-order valence-electron chi connectivity index (χ2n) is 6.16. The zero-order chi connectivity index (χ0) is 19.0. The summed E-state index contributed by atoms with van der Waals surface area (Å²) >= 11 is 0. The molecule has 0 saturated carbocycles. The molecule has 0 aromatic carbocycles. The summed E-state index contributed by atoms with van der Waals surface area (Å²) in [5.41, 5.74) is 4.53. The first-order valence-corrected chi connectivity index (χ1v) is 8.60. The summed E-state index contributed by atoms with van der Waals surface area (Å²) in [6, 6.07) is 3.75. The van der Waals surface area contributed by atoms with Crippen molar-refractivity contribution in [2.45, 2.75) is 20.4 Å². The summed E-state index contributed by atoms with van der Waals surface area (Å²) in [5.74, 6) is 0.930. The van der Waals surface area contributed by atoms with Crippen molar-refractivity contribution < 1.29 is 14.3 Å². The highest BCUT2D eigenvalue weighted by Gasteiger charge is 2.32. The van der Waals surface area contributed by atoms with Crippen molar-refractivity contribution in [2.24, 2.45) is 0 Å². The maximum atomic E-state index is 12.8. The van der Waals surface area contributed by atoms with Gasteiger partial charge in [0.15, 0.2) is 5.75 Å². The number of methoxy groups -OCH3 is 1. The summed E-state index contributed by atoms with van der Waals surface area (Å²) < 4.78 is 10.8. The third kappa shape index (κ3) is 2.88. The zero-order valence-electron chi connectivity index (χ0n) is 15.3. The number of nitrogens with one attached hydrogen (secondary N) is 1. The van der Waals surface area contributed by atoms with Gasteiger partial charge in [-0.2, -0.15) is 5.10 Å². The number of aryl methyl sites for hydroxylation is 1. The van der Waals surface area contributed by atoms with Gasteiger partial charge in [-0.3, -0.25) is 19.8 Å². The molecule has 0 spiro atoms. The highest BCUT2D eigenvalue weighted by Crippen LogP contribution is 2.33. The van der Waals surface area contributed by atoms with E-state index in [4.69, 9.17) is 14.5 Å². The van der Waals surface area contributed by atoms with Gasteiger partial charge in [0.05, 0.1) is 49.1 Å². The van der Waals surface area contributed by atoms with E-state index in [1.165, 1.54) is 0 Å². The van der Waals surface area contributed by atoms with Crippen LogP contribution in [0.25, 0.3) is 11.3 Å². The number of carbonyl (C=O) groups excluding carboxylic acids is 1. The predicted molar refractivity (Wildman–Crippen MR) is 99.0 cm³/mol. The average Bonchev–Trinajstić information content (AvgIpc) is 3.30. The zero-order valence-corrected chi connectivity index (χ0v) is 15.3. The molecule has 1 amide bonds. The number of carbonyl (C=O) groups is 1. The number of nitrogens with zero attached hydrogens (tertiary/aromatic N) is 4. The number of fused-ring (bicyclic) bond motifs is 1. The molecule has 138 valence electrons. The number of amides is 1. The van der Waals surface area contributed by atoms with Gasteiger partial charge in [-0.25, -0.2) is 4.98 Å². The van der Waals surface area contributed by atoms with Gasteiger partial charge >= 0.3 is 0 Å². The normalized spacial score (nSPS) is 13.0. The van der Waals surface area contributed by atoms with Crippen LogP contribution in [0.15, 0.2) is 30.7 Å². The van der Waals surface area contributed by atoms with Crippen LogP contribution in [0.5, 0.6) is 11.6 Å². The maximum Gasteiger partial charge on any atom is 0.260 e. The molecule has 1 aliphatic heterocycles. The SMILES string of the molecule is CCOc1cc(-c2cc(C)c3c(n2)CN(c2cn[nH]c2)C3=O)cnc1OC. The van der Waals surface area contributed by atoms with Gasteiger partial charge in [-0.15, -0.1) is 0 Å². The molecule has 4 rings (SSSR count). The quantitative estimate of drug-likeness (QED) is 0.747. The molecule has 3 aromatic rings. The number of rotatable bonds is 5. The number of aromatic nitrogens is 4. The minimum absolute atomic E-state index is 0.0641. The van der Waals surface area contributed by atoms with Crippen molar-refractivity contribution in [2.75, 3.05) is 18.6 Å². The molecule has 0 atom stereocenters. The molecule has 1 N–H and O–H groups in total. The Balaban J connectivity index is 1.74. The number of hydrogen-bond acceptors (Lipinski definition) is 6. The van der Waals surface area contributed by atoms with E-state index >= 15 is 0 Å². The van der Waals surface area contributed by atoms with E-state index in [0.29, 0.717) is 30.3 Å². The topological polar surface area (TPSA) is 93.2 Å². The summed E-state index contributed by atoms with van der Waals surface area (Å²) in [4.78, 5) is 23.5. The van der Waals surface area contributed by atoms with Crippen molar-refractivity contribution in [1.29, 1.82) is 0 Å². The van der Waals surface area contributed by atoms with Crippen LogP contribution in [0, 0.1) is 6.92 Å². The van der Waals surface area contributed by atoms with Gasteiger partial charge in [-0.1, -0.05) is 0 Å². The molecule has 3 aromatic heterocycles. The van der Waals surface area contributed by atoms with Gasteiger partial charge < -0.3 is 9.47 Å². The lowest BCUT2D eigenvalue weighted by Gasteiger charge is -2.11. The molecule has 0 unspecified atom stereocenters. The fraction of sp³-hybridized carbons (Fsp3) is 0.263. The second kappa shape index (κ2) is 6.71. The first kappa shape index (κ1) is 17.0. The highest BCUT2D eigenvalue weighted by atomic mass is 16.5. The third-order valence-corrected chi connectivity index (χ3v) is 4.46. The summed E-state index contributed by atoms with van der Waals surface area (Å²) in [6.45, 7) is 4.73. The largest absolute Gasteiger partial charge is 0.488 e. The molecule has 0 saturated heterocycles. The minimum atomic E-state index is -0.0641. The van der Waals surface area contributed by atoms with Crippen LogP contribution in [0.4, 0.5) is 5.69 Å². The summed E-state index contributed by atoms with van der Waals surface area (Å²) in [6.07, 6.45) is 5.02. The van der Waals surface area contributed by atoms with Crippen molar-refractivity contribution in [3.05, 3.63) is 47.5 Å². The number of aromatic amines is 1. The van der Waals surface area contributed by atoms with E-state index in [0.717, 1.165) is 28.2 Å². The molecule has 0 radical (unpaired) electrons. The standard InChI is InChI=1S/C19H19N5O3/c1-4-27-16-6-12(7-20-18(16)26-3)14-5-11(2)17-15(23-14)10-24(19(17)25)13-8-21-22-9-13/h5-9H,4,10H2,1-3H3,(H,21,22). The molecule has 0 fully saturated rings. The number of hydrogen-bond donors (Lipinski definition) is 1. The average molecular weight is 365 g/mol. The third-order valence-electron chi connectivity index (χ3n) is 4.46. The summed E-state index contributed by atoms with van der Waals surface area (Å²) in [7, 11) is 1.55. The Bertz CT molecular complexity index is 1000. The van der Waals surface area contributed by atoms with Crippen molar-refractivity contribution >= 4 is 11.6 Å². The van der Waals surface area contributed by atoms with Gasteiger partial charge in [0, 0.05) is 18.0 Å². The number of ether oxygens (including phenoxy) is 2. The highest BCUT2D eigenvalue weighted by molar-refractivity contribution is 6.10. The number of pyridine rings is 2. The van der Waals surface area contributed by atoms with E-state index < -0.39 is 0 Å². The van der Waals surface area contributed by atoms with Crippen molar-refractivity contribution in [1.82, 2.24) is 20.2 Å². The fourth-order valence-electron chi connectivity index (χ4n) is 3.23. The van der Waals surface area contributed by atoms with Crippen LogP contribution in [0.1, 0.15) is 28.5 Å². The molecule has 0 aliphatic carbocycles. The van der Waals surface area contributed by atoms with Crippen LogP contribution in [-0.2, 0) is 6.54 Å². The lowest BCUT2D eigenvalue weighted by Crippen LogP contribution is -2.22. The van der Waals surface area contributed by atoms with Crippen molar-refractivity contribution in [3.63, 3.8) is 0 Å². The van der Waals surface area contributed by atoms with E-state index in [1.54, 1.807) is 30.6 Å². The Morgan fingerprint density at radius 1 is 1.30 bits per heavy atom. The maximum absolute atomic E-state index is 12.8. The Morgan fingerprint density at radius 2 is 2.15 bits per heavy atom.